The number of pyridine rings is 1. The van der Waals surface area contributed by atoms with Crippen molar-refractivity contribution in [2.24, 2.45) is 7.05 Å². The molecule has 0 fully saturated rings. The van der Waals surface area contributed by atoms with Gasteiger partial charge in [-0.25, -0.2) is 4.79 Å². The number of rotatable bonds is 5. The molecule has 0 radical (unpaired) electrons. The Balaban J connectivity index is 1.80. The molecule has 32 heavy (non-hydrogen) atoms. The van der Waals surface area contributed by atoms with Crippen LogP contribution >= 0.6 is 11.6 Å². The number of hydrogen-bond donors (Lipinski definition) is 0. The van der Waals surface area contributed by atoms with Gasteiger partial charge in [-0.15, -0.1) is 0 Å². The minimum absolute atomic E-state index is 0.0875. The Morgan fingerprint density at radius 3 is 2.22 bits per heavy atom. The first kappa shape index (κ1) is 21.5. The molecule has 0 amide bonds. The number of hydrogen-bond acceptors (Lipinski definition) is 4. The Kier molecular flexibility index (Phi) is 5.93. The van der Waals surface area contributed by atoms with Gasteiger partial charge in [0.1, 0.15) is 5.69 Å². The second kappa shape index (κ2) is 8.81. The van der Waals surface area contributed by atoms with Gasteiger partial charge in [0.15, 0.2) is 6.61 Å². The van der Waals surface area contributed by atoms with Gasteiger partial charge in [0.25, 0.3) is 5.56 Å². The SMILES string of the molecule is Cc1ccc(-c2c(C(=O)OCC(=O)c3ccccc3Cl)n(C)c(=O)c3ccccc23)cc1. The first-order valence-corrected chi connectivity index (χ1v) is 10.4. The summed E-state index contributed by atoms with van der Waals surface area (Å²) in [6.45, 7) is 1.48. The molecule has 3 aromatic carbocycles. The first-order chi connectivity index (χ1) is 15.4. The van der Waals surface area contributed by atoms with E-state index in [4.69, 9.17) is 16.3 Å². The Hall–Kier alpha value is -3.70. The number of halogens is 1. The van der Waals surface area contributed by atoms with Gasteiger partial charge in [-0.2, -0.15) is 0 Å². The third-order valence-electron chi connectivity index (χ3n) is 5.35. The van der Waals surface area contributed by atoms with Crippen molar-refractivity contribution < 1.29 is 14.3 Å². The summed E-state index contributed by atoms with van der Waals surface area (Å²) in [6.07, 6.45) is 0. The minimum Gasteiger partial charge on any atom is -0.453 e. The van der Waals surface area contributed by atoms with Gasteiger partial charge in [0.2, 0.25) is 5.78 Å². The molecule has 0 unspecified atom stereocenters. The highest BCUT2D eigenvalue weighted by Crippen LogP contribution is 2.31. The van der Waals surface area contributed by atoms with Gasteiger partial charge in [-0.1, -0.05) is 71.8 Å². The number of aromatic nitrogens is 1. The molecule has 1 heterocycles. The summed E-state index contributed by atoms with van der Waals surface area (Å²) in [7, 11) is 1.53. The van der Waals surface area contributed by atoms with E-state index >= 15 is 0 Å². The molecule has 0 saturated heterocycles. The summed E-state index contributed by atoms with van der Waals surface area (Å²) in [6, 6.07) is 21.4. The molecule has 6 heteroatoms. The topological polar surface area (TPSA) is 65.4 Å². The van der Waals surface area contributed by atoms with E-state index in [1.807, 2.05) is 37.3 Å². The van der Waals surface area contributed by atoms with E-state index in [0.29, 0.717) is 16.3 Å². The zero-order chi connectivity index (χ0) is 22.8. The van der Waals surface area contributed by atoms with Crippen molar-refractivity contribution in [3.8, 4) is 11.1 Å². The highest BCUT2D eigenvalue weighted by molar-refractivity contribution is 6.34. The number of fused-ring (bicyclic) bond motifs is 1. The van der Waals surface area contributed by atoms with Crippen LogP contribution in [0.15, 0.2) is 77.6 Å². The Bertz CT molecular complexity index is 1400. The molecular formula is C26H20ClNO4. The van der Waals surface area contributed by atoms with Gasteiger partial charge in [0, 0.05) is 23.6 Å². The van der Waals surface area contributed by atoms with Gasteiger partial charge < -0.3 is 9.30 Å². The van der Waals surface area contributed by atoms with Gasteiger partial charge >= 0.3 is 5.97 Å². The molecule has 4 aromatic rings. The summed E-state index contributed by atoms with van der Waals surface area (Å²) >= 11 is 6.07. The maximum Gasteiger partial charge on any atom is 0.356 e. The Labute approximate surface area is 189 Å². The molecule has 0 aliphatic heterocycles. The Morgan fingerprint density at radius 1 is 0.906 bits per heavy atom. The van der Waals surface area contributed by atoms with Crippen LogP contribution < -0.4 is 5.56 Å². The number of carbonyl (C=O) groups is 2. The van der Waals surface area contributed by atoms with Crippen LogP contribution in [0.3, 0.4) is 0 Å². The number of esters is 1. The van der Waals surface area contributed by atoms with Crippen LogP contribution in [0.4, 0.5) is 0 Å². The van der Waals surface area contributed by atoms with Gasteiger partial charge in [-0.05, 0) is 36.1 Å². The lowest BCUT2D eigenvalue weighted by atomic mass is 9.96. The number of nitrogens with zero attached hydrogens (tertiary/aromatic N) is 1. The third-order valence-corrected chi connectivity index (χ3v) is 5.68. The van der Waals surface area contributed by atoms with Crippen LogP contribution in [0.1, 0.15) is 26.4 Å². The van der Waals surface area contributed by atoms with E-state index in [1.54, 1.807) is 42.5 Å². The van der Waals surface area contributed by atoms with Crippen LogP contribution in [0.5, 0.6) is 0 Å². The molecule has 0 bridgehead atoms. The predicted molar refractivity (Wildman–Crippen MR) is 125 cm³/mol. The molecule has 0 atom stereocenters. The molecule has 0 spiro atoms. The van der Waals surface area contributed by atoms with E-state index in [-0.39, 0.29) is 21.8 Å². The summed E-state index contributed by atoms with van der Waals surface area (Å²) in [5.41, 5.74) is 2.46. The standard InChI is InChI=1S/C26H20ClNO4/c1-16-11-13-17(14-12-16)23-18-7-3-4-8-19(18)25(30)28(2)24(23)26(31)32-15-22(29)20-9-5-6-10-21(20)27/h3-14H,15H2,1-2H3. The van der Waals surface area contributed by atoms with E-state index in [1.165, 1.54) is 11.6 Å². The smallest absolute Gasteiger partial charge is 0.356 e. The molecule has 0 saturated carbocycles. The molecule has 0 N–H and O–H groups in total. The van der Waals surface area contributed by atoms with Crippen molar-refractivity contribution in [1.82, 2.24) is 4.57 Å². The van der Waals surface area contributed by atoms with Crippen molar-refractivity contribution in [2.75, 3.05) is 6.61 Å². The fourth-order valence-corrected chi connectivity index (χ4v) is 3.92. The number of ketones is 1. The Morgan fingerprint density at radius 2 is 1.53 bits per heavy atom. The zero-order valence-electron chi connectivity index (χ0n) is 17.6. The second-order valence-electron chi connectivity index (χ2n) is 7.48. The maximum atomic E-state index is 13.2. The van der Waals surface area contributed by atoms with E-state index < -0.39 is 18.4 Å². The highest BCUT2D eigenvalue weighted by atomic mass is 35.5. The van der Waals surface area contributed by atoms with Crippen molar-refractivity contribution in [1.29, 1.82) is 0 Å². The van der Waals surface area contributed by atoms with Crippen molar-refractivity contribution >= 4 is 34.1 Å². The van der Waals surface area contributed by atoms with Crippen LogP contribution in [0.2, 0.25) is 5.02 Å². The maximum absolute atomic E-state index is 13.2. The lowest BCUT2D eigenvalue weighted by molar-refractivity contribution is 0.0465. The van der Waals surface area contributed by atoms with Crippen molar-refractivity contribution in [2.45, 2.75) is 6.92 Å². The van der Waals surface area contributed by atoms with E-state index in [9.17, 15) is 14.4 Å². The van der Waals surface area contributed by atoms with Crippen molar-refractivity contribution in [3.05, 3.63) is 105 Å². The summed E-state index contributed by atoms with van der Waals surface area (Å²) in [5, 5.41) is 1.42. The molecular weight excluding hydrogens is 426 g/mol. The van der Waals surface area contributed by atoms with Crippen LogP contribution in [0, 0.1) is 6.92 Å². The number of carbonyl (C=O) groups excluding carboxylic acids is 2. The highest BCUT2D eigenvalue weighted by Gasteiger charge is 2.24. The summed E-state index contributed by atoms with van der Waals surface area (Å²) in [4.78, 5) is 38.7. The first-order valence-electron chi connectivity index (χ1n) is 10.0. The number of benzene rings is 3. The number of Topliss-reactive ketones (excluding diaryl/α,β-unsaturated/α-hetero) is 1. The molecule has 1 aromatic heterocycles. The number of aryl methyl sites for hydroxylation is 1. The fourth-order valence-electron chi connectivity index (χ4n) is 3.68. The predicted octanol–water partition coefficient (Wildman–Crippen LogP) is 5.21. The molecule has 0 aliphatic carbocycles. The van der Waals surface area contributed by atoms with Crippen LogP contribution in [0.25, 0.3) is 21.9 Å². The molecule has 5 nitrogen and oxygen atoms in total. The minimum atomic E-state index is -0.758. The van der Waals surface area contributed by atoms with E-state index in [0.717, 1.165) is 11.1 Å². The van der Waals surface area contributed by atoms with E-state index in [2.05, 4.69) is 0 Å². The largest absolute Gasteiger partial charge is 0.453 e. The average molecular weight is 446 g/mol. The average Bonchev–Trinajstić information content (AvgIpc) is 2.80. The molecule has 4 rings (SSSR count). The number of ether oxygens (including phenoxy) is 1. The van der Waals surface area contributed by atoms with Gasteiger partial charge in [0.05, 0.1) is 5.02 Å². The molecule has 160 valence electrons. The summed E-state index contributed by atoms with van der Waals surface area (Å²) in [5.74, 6) is -1.18. The second-order valence-corrected chi connectivity index (χ2v) is 7.89. The van der Waals surface area contributed by atoms with Crippen LogP contribution in [-0.2, 0) is 11.8 Å². The third kappa shape index (κ3) is 3.95. The lowest BCUT2D eigenvalue weighted by Crippen LogP contribution is -2.27. The van der Waals surface area contributed by atoms with Gasteiger partial charge in [-0.3, -0.25) is 9.59 Å². The van der Waals surface area contributed by atoms with Crippen molar-refractivity contribution in [3.63, 3.8) is 0 Å². The van der Waals surface area contributed by atoms with Crippen LogP contribution in [-0.4, -0.2) is 22.9 Å². The lowest BCUT2D eigenvalue weighted by Gasteiger charge is -2.17. The molecule has 0 aliphatic rings. The quantitative estimate of drug-likeness (QED) is 0.312. The fraction of sp³-hybridized carbons (Fsp3) is 0.115. The summed E-state index contributed by atoms with van der Waals surface area (Å²) < 4.78 is 6.64. The normalized spacial score (nSPS) is 10.8. The monoisotopic (exact) mass is 445 g/mol. The zero-order valence-corrected chi connectivity index (χ0v) is 18.3.